The van der Waals surface area contributed by atoms with E-state index in [1.807, 2.05) is 17.8 Å². The highest BCUT2D eigenvalue weighted by molar-refractivity contribution is 7.19. The van der Waals surface area contributed by atoms with Crippen molar-refractivity contribution < 1.29 is 0 Å². The summed E-state index contributed by atoms with van der Waals surface area (Å²) in [5, 5.41) is 6.68. The predicted octanol–water partition coefficient (Wildman–Crippen LogP) is 2.97. The lowest BCUT2D eigenvalue weighted by atomic mass is 10.2. The van der Waals surface area contributed by atoms with Crippen molar-refractivity contribution >= 4 is 32.5 Å². The largest absolute Gasteiger partial charge is 0.264 e. The minimum atomic E-state index is 0.902. The second-order valence-corrected chi connectivity index (χ2v) is 4.75. The van der Waals surface area contributed by atoms with E-state index in [0.29, 0.717) is 0 Å². The van der Waals surface area contributed by atoms with Gasteiger partial charge in [-0.1, -0.05) is 0 Å². The van der Waals surface area contributed by atoms with Gasteiger partial charge in [-0.15, -0.1) is 11.3 Å². The molecule has 0 bridgehead atoms. The van der Waals surface area contributed by atoms with Crippen LogP contribution in [-0.2, 0) is 6.54 Å². The first kappa shape index (κ1) is 8.85. The zero-order valence-electron chi connectivity index (χ0n) is 8.69. The summed E-state index contributed by atoms with van der Waals surface area (Å²) in [6.45, 7) is 5.06. The van der Waals surface area contributed by atoms with Gasteiger partial charge < -0.3 is 0 Å². The van der Waals surface area contributed by atoms with Gasteiger partial charge in [0.1, 0.15) is 0 Å². The molecule has 4 heteroatoms. The molecule has 3 nitrogen and oxygen atoms in total. The van der Waals surface area contributed by atoms with E-state index in [0.717, 1.165) is 17.1 Å². The number of benzene rings is 1. The molecule has 0 aliphatic heterocycles. The van der Waals surface area contributed by atoms with E-state index in [2.05, 4.69) is 29.1 Å². The number of nitrogens with zero attached hydrogens (tertiary/aromatic N) is 3. The van der Waals surface area contributed by atoms with E-state index in [9.17, 15) is 0 Å². The number of rotatable bonds is 1. The fourth-order valence-electron chi connectivity index (χ4n) is 1.90. The molecule has 3 rings (SSSR count). The smallest absolute Gasteiger partial charge is 0.0908 e. The first-order valence-corrected chi connectivity index (χ1v) is 5.83. The highest BCUT2D eigenvalue weighted by atomic mass is 32.1. The van der Waals surface area contributed by atoms with E-state index in [4.69, 9.17) is 0 Å². The Morgan fingerprint density at radius 2 is 2.27 bits per heavy atom. The fraction of sp³-hybridized carbons (Fsp3) is 0.273. The van der Waals surface area contributed by atoms with Crippen LogP contribution in [0, 0.1) is 6.92 Å². The molecule has 1 aromatic carbocycles. The Balaban J connectivity index is 2.55. The van der Waals surface area contributed by atoms with Gasteiger partial charge in [0.25, 0.3) is 0 Å². The van der Waals surface area contributed by atoms with Gasteiger partial charge in [0.05, 0.1) is 26.9 Å². The number of aryl methyl sites for hydroxylation is 2. The van der Waals surface area contributed by atoms with Crippen LogP contribution in [0.1, 0.15) is 11.9 Å². The lowest BCUT2D eigenvalue weighted by Crippen LogP contribution is -1.94. The Morgan fingerprint density at radius 1 is 1.40 bits per heavy atom. The van der Waals surface area contributed by atoms with E-state index < -0.39 is 0 Å². The van der Waals surface area contributed by atoms with Gasteiger partial charge >= 0.3 is 0 Å². The molecule has 0 N–H and O–H groups in total. The van der Waals surface area contributed by atoms with Gasteiger partial charge in [0, 0.05) is 11.9 Å². The number of hydrogen-bond donors (Lipinski definition) is 0. The molecule has 0 saturated heterocycles. The molecule has 0 radical (unpaired) electrons. The molecule has 0 atom stereocenters. The summed E-state index contributed by atoms with van der Waals surface area (Å²) >= 11 is 1.74. The van der Waals surface area contributed by atoms with Gasteiger partial charge in [-0.05, 0) is 26.0 Å². The van der Waals surface area contributed by atoms with E-state index in [-0.39, 0.29) is 0 Å². The van der Waals surface area contributed by atoms with Crippen molar-refractivity contribution in [2.24, 2.45) is 0 Å². The van der Waals surface area contributed by atoms with Crippen molar-refractivity contribution in [2.45, 2.75) is 20.4 Å². The van der Waals surface area contributed by atoms with Crippen molar-refractivity contribution in [3.8, 4) is 0 Å². The highest BCUT2D eigenvalue weighted by Gasteiger charge is 2.09. The first-order valence-electron chi connectivity index (χ1n) is 5.01. The van der Waals surface area contributed by atoms with Gasteiger partial charge in [0.2, 0.25) is 0 Å². The molecule has 0 fully saturated rings. The van der Waals surface area contributed by atoms with Crippen molar-refractivity contribution in [3.05, 3.63) is 23.3 Å². The van der Waals surface area contributed by atoms with Crippen LogP contribution in [0.5, 0.6) is 0 Å². The van der Waals surface area contributed by atoms with Crippen LogP contribution in [0.3, 0.4) is 0 Å². The third-order valence-electron chi connectivity index (χ3n) is 2.56. The maximum atomic E-state index is 4.50. The molecule has 0 spiro atoms. The average Bonchev–Trinajstić information content (AvgIpc) is 2.78. The van der Waals surface area contributed by atoms with Crippen molar-refractivity contribution in [3.63, 3.8) is 0 Å². The average molecular weight is 217 g/mol. The summed E-state index contributed by atoms with van der Waals surface area (Å²) in [7, 11) is 0. The number of hydrogen-bond acceptors (Lipinski definition) is 3. The maximum absolute atomic E-state index is 4.50. The van der Waals surface area contributed by atoms with Crippen LogP contribution >= 0.6 is 11.3 Å². The summed E-state index contributed by atoms with van der Waals surface area (Å²) in [5.41, 5.74) is 2.31. The molecular formula is C11H11N3S. The monoisotopic (exact) mass is 217 g/mol. The second-order valence-electron chi connectivity index (χ2n) is 3.54. The predicted molar refractivity (Wildman–Crippen MR) is 63.3 cm³/mol. The number of fused-ring (bicyclic) bond motifs is 3. The summed E-state index contributed by atoms with van der Waals surface area (Å²) < 4.78 is 3.29. The van der Waals surface area contributed by atoms with E-state index in [1.165, 1.54) is 15.6 Å². The molecule has 0 aliphatic carbocycles. The van der Waals surface area contributed by atoms with Gasteiger partial charge in [-0.2, -0.15) is 5.10 Å². The Morgan fingerprint density at radius 3 is 3.07 bits per heavy atom. The standard InChI is InChI=1S/C11H11N3S/c1-3-14-10-8(6-12-14)4-5-9-11(10)15-7(2)13-9/h4-6H,3H2,1-2H3. The third-order valence-corrected chi connectivity index (χ3v) is 3.56. The maximum Gasteiger partial charge on any atom is 0.0908 e. The van der Waals surface area contributed by atoms with Gasteiger partial charge in [-0.3, -0.25) is 4.68 Å². The summed E-state index contributed by atoms with van der Waals surface area (Å²) in [6.07, 6.45) is 1.92. The van der Waals surface area contributed by atoms with E-state index in [1.54, 1.807) is 11.3 Å². The first-order chi connectivity index (χ1) is 7.29. The molecule has 15 heavy (non-hydrogen) atoms. The molecule has 3 aromatic rings. The van der Waals surface area contributed by atoms with Crippen molar-refractivity contribution in [1.29, 1.82) is 0 Å². The van der Waals surface area contributed by atoms with Crippen molar-refractivity contribution in [1.82, 2.24) is 14.8 Å². The van der Waals surface area contributed by atoms with Crippen LogP contribution in [-0.4, -0.2) is 14.8 Å². The summed E-state index contributed by atoms with van der Waals surface area (Å²) in [4.78, 5) is 4.50. The highest BCUT2D eigenvalue weighted by Crippen LogP contribution is 2.29. The minimum Gasteiger partial charge on any atom is -0.264 e. The molecule has 2 aromatic heterocycles. The molecule has 76 valence electrons. The molecule has 0 aliphatic rings. The normalized spacial score (nSPS) is 11.6. The summed E-state index contributed by atoms with van der Waals surface area (Å²) in [6, 6.07) is 4.17. The Kier molecular flexibility index (Phi) is 1.79. The zero-order valence-corrected chi connectivity index (χ0v) is 9.51. The lowest BCUT2D eigenvalue weighted by Gasteiger charge is -1.98. The van der Waals surface area contributed by atoms with E-state index >= 15 is 0 Å². The molecule has 0 unspecified atom stereocenters. The fourth-order valence-corrected chi connectivity index (χ4v) is 2.88. The SMILES string of the molecule is CCn1ncc2ccc3nc(C)sc3c21. The zero-order chi connectivity index (χ0) is 10.4. The second kappa shape index (κ2) is 3.03. The molecule has 0 amide bonds. The molecule has 2 heterocycles. The summed E-state index contributed by atoms with van der Waals surface area (Å²) in [5.74, 6) is 0. The molecule has 0 saturated carbocycles. The van der Waals surface area contributed by atoms with Crippen LogP contribution in [0.25, 0.3) is 21.1 Å². The lowest BCUT2D eigenvalue weighted by molar-refractivity contribution is 0.686. The number of aromatic nitrogens is 3. The van der Waals surface area contributed by atoms with Crippen LogP contribution < -0.4 is 0 Å². The molecular weight excluding hydrogens is 206 g/mol. The van der Waals surface area contributed by atoms with Crippen molar-refractivity contribution in [2.75, 3.05) is 0 Å². The quantitative estimate of drug-likeness (QED) is 0.627. The van der Waals surface area contributed by atoms with Crippen LogP contribution in [0.2, 0.25) is 0 Å². The topological polar surface area (TPSA) is 30.7 Å². The number of thiazole rings is 1. The van der Waals surface area contributed by atoms with Crippen LogP contribution in [0.4, 0.5) is 0 Å². The Labute approximate surface area is 91.4 Å². The van der Waals surface area contributed by atoms with Crippen LogP contribution in [0.15, 0.2) is 18.3 Å². The third kappa shape index (κ3) is 1.18. The van der Waals surface area contributed by atoms with Gasteiger partial charge in [0.15, 0.2) is 0 Å². The Bertz CT molecular complexity index is 636. The minimum absolute atomic E-state index is 0.902. The van der Waals surface area contributed by atoms with Gasteiger partial charge in [-0.25, -0.2) is 4.98 Å². The Hall–Kier alpha value is -1.42.